The van der Waals surface area contributed by atoms with Crippen molar-refractivity contribution in [2.45, 2.75) is 188 Å². The van der Waals surface area contributed by atoms with E-state index in [2.05, 4.69) is 172 Å². The van der Waals surface area contributed by atoms with Gasteiger partial charge in [0.15, 0.2) is 0 Å². The van der Waals surface area contributed by atoms with E-state index in [9.17, 15) is 0 Å². The van der Waals surface area contributed by atoms with Crippen molar-refractivity contribution in [2.75, 3.05) is 0 Å². The van der Waals surface area contributed by atoms with E-state index in [4.69, 9.17) is 0 Å². The van der Waals surface area contributed by atoms with Crippen LogP contribution in [0.4, 0.5) is 0 Å². The normalized spacial score (nSPS) is 15.1. The Balaban J connectivity index is 0. The molecule has 0 spiro atoms. The fourth-order valence-corrected chi connectivity index (χ4v) is 5.35. The highest BCUT2D eigenvalue weighted by Gasteiger charge is 2.17. The first-order valence-corrected chi connectivity index (χ1v) is 20.9. The molecule has 2 aromatic rings. The molecule has 2 aliphatic carbocycles. The van der Waals surface area contributed by atoms with Crippen molar-refractivity contribution < 1.29 is 0 Å². The fraction of sp³-hybridized carbons (Fsp3) is 0.755. The molecule has 2 aromatic carbocycles. The van der Waals surface area contributed by atoms with Crippen LogP contribution in [0.1, 0.15) is 193 Å². The summed E-state index contributed by atoms with van der Waals surface area (Å²) >= 11 is 0. The van der Waals surface area contributed by atoms with E-state index in [1.165, 1.54) is 75.3 Å². The van der Waals surface area contributed by atoms with Crippen LogP contribution in [0, 0.1) is 52.8 Å². The lowest BCUT2D eigenvalue weighted by Crippen LogP contribution is -2.12. The standard InChI is InChI=1S/C10H14.C9H18.C9H12.C8H16.C7H16.C6H14/c1-9(2)8-10-6-4-3-5-7-10;2*1-8(2)9-6-4-3-5-7-9;1-7(2)8-5-3-4-6-8;1-6(2)7(3,4)5;1-5(2)6(3)4/h3-7,9H,8H2,1-2H3;8-9H,3-7H2,1-2H3;3-8H,1-2H3;7-8H,3-6H2,1-2H3;6H,1-5H3;5-6H,1-4H3. The first-order valence-electron chi connectivity index (χ1n) is 20.9. The summed E-state index contributed by atoms with van der Waals surface area (Å²) in [5.41, 5.74) is 3.36. The zero-order chi connectivity index (χ0) is 38.0. The molecular weight excluding hydrogens is 589 g/mol. The van der Waals surface area contributed by atoms with Crippen LogP contribution < -0.4 is 0 Å². The Morgan fingerprint density at radius 1 is 0.490 bits per heavy atom. The maximum atomic E-state index is 2.36. The third kappa shape index (κ3) is 29.8. The first-order chi connectivity index (χ1) is 22.8. The summed E-state index contributed by atoms with van der Waals surface area (Å²) in [6.45, 7) is 38.5. The smallest absolute Gasteiger partial charge is 0.0219 e. The van der Waals surface area contributed by atoms with Crippen LogP contribution in [0.15, 0.2) is 60.7 Å². The molecule has 49 heavy (non-hydrogen) atoms. The molecule has 0 radical (unpaired) electrons. The molecule has 0 aromatic heterocycles. The van der Waals surface area contributed by atoms with Gasteiger partial charge in [0.05, 0.1) is 0 Å². The second-order valence-electron chi connectivity index (χ2n) is 18.6. The van der Waals surface area contributed by atoms with Gasteiger partial charge in [0, 0.05) is 0 Å². The maximum Gasteiger partial charge on any atom is -0.0219 e. The summed E-state index contributed by atoms with van der Waals surface area (Å²) in [6, 6.07) is 21.1. The lowest BCUT2D eigenvalue weighted by molar-refractivity contribution is 0.279. The van der Waals surface area contributed by atoms with E-state index in [0.29, 0.717) is 11.3 Å². The van der Waals surface area contributed by atoms with E-state index in [1.807, 2.05) is 6.07 Å². The van der Waals surface area contributed by atoms with Gasteiger partial charge in [-0.3, -0.25) is 0 Å². The van der Waals surface area contributed by atoms with E-state index < -0.39 is 0 Å². The largest absolute Gasteiger partial charge is 0.0625 e. The molecule has 4 rings (SSSR count). The average molecular weight is 679 g/mol. The average Bonchev–Trinajstić information content (AvgIpc) is 3.59. The first kappa shape index (κ1) is 49.6. The van der Waals surface area contributed by atoms with Gasteiger partial charge in [-0.05, 0) is 76.2 Å². The predicted octanol–water partition coefficient (Wildman–Crippen LogP) is 16.7. The third-order valence-electron chi connectivity index (χ3n) is 11.0. The van der Waals surface area contributed by atoms with Crippen LogP contribution >= 0.6 is 0 Å². The zero-order valence-electron chi connectivity index (χ0n) is 36.5. The van der Waals surface area contributed by atoms with E-state index in [1.54, 1.807) is 0 Å². The van der Waals surface area contributed by atoms with Crippen LogP contribution in [0.3, 0.4) is 0 Å². The summed E-state index contributed by atoms with van der Waals surface area (Å²) in [7, 11) is 0. The molecule has 286 valence electrons. The number of hydrogen-bond donors (Lipinski definition) is 0. The molecule has 0 aliphatic heterocycles. The van der Waals surface area contributed by atoms with Gasteiger partial charge in [0.25, 0.3) is 0 Å². The van der Waals surface area contributed by atoms with Gasteiger partial charge < -0.3 is 0 Å². The van der Waals surface area contributed by atoms with Crippen molar-refractivity contribution >= 4 is 0 Å². The molecule has 2 saturated carbocycles. The topological polar surface area (TPSA) is 0 Å². The quantitative estimate of drug-likeness (QED) is 0.285. The lowest BCUT2D eigenvalue weighted by Gasteiger charge is -2.24. The van der Waals surface area contributed by atoms with Crippen molar-refractivity contribution in [3.05, 3.63) is 71.8 Å². The van der Waals surface area contributed by atoms with Crippen molar-refractivity contribution in [3.63, 3.8) is 0 Å². The van der Waals surface area contributed by atoms with Gasteiger partial charge in [0.1, 0.15) is 0 Å². The maximum absolute atomic E-state index is 2.36. The Morgan fingerprint density at radius 3 is 1.04 bits per heavy atom. The molecule has 0 nitrogen and oxygen atoms in total. The molecule has 0 atom stereocenters. The second-order valence-corrected chi connectivity index (χ2v) is 18.6. The highest BCUT2D eigenvalue weighted by molar-refractivity contribution is 5.17. The summed E-state index contributed by atoms with van der Waals surface area (Å²) in [6.07, 6.45) is 14.6. The molecule has 0 heterocycles. The molecular formula is C49H90. The van der Waals surface area contributed by atoms with E-state index in [0.717, 1.165) is 47.3 Å². The Kier molecular flexibility index (Phi) is 29.4. The van der Waals surface area contributed by atoms with Crippen molar-refractivity contribution in [1.29, 1.82) is 0 Å². The molecule has 0 saturated heterocycles. The molecule has 2 aliphatic rings. The zero-order valence-corrected chi connectivity index (χ0v) is 36.5. The monoisotopic (exact) mass is 679 g/mol. The van der Waals surface area contributed by atoms with Gasteiger partial charge in [-0.15, -0.1) is 0 Å². The molecule has 0 unspecified atom stereocenters. The summed E-state index contributed by atoms with van der Waals surface area (Å²) in [5, 5.41) is 0. The Bertz CT molecular complexity index is 921. The molecule has 0 heteroatoms. The fourth-order valence-electron chi connectivity index (χ4n) is 5.35. The highest BCUT2D eigenvalue weighted by Crippen LogP contribution is 2.30. The predicted molar refractivity (Wildman–Crippen MR) is 228 cm³/mol. The van der Waals surface area contributed by atoms with Crippen LogP contribution in [0.25, 0.3) is 0 Å². The minimum Gasteiger partial charge on any atom is -0.0625 e. The van der Waals surface area contributed by atoms with Gasteiger partial charge >= 0.3 is 0 Å². The van der Waals surface area contributed by atoms with Gasteiger partial charge in [0.2, 0.25) is 0 Å². The third-order valence-corrected chi connectivity index (χ3v) is 11.0. The van der Waals surface area contributed by atoms with Crippen LogP contribution in [-0.4, -0.2) is 0 Å². The SMILES string of the molecule is CC(C)C(C)(C)C.CC(C)C(C)C.CC(C)C1CCCC1.CC(C)C1CCCCC1.CC(C)Cc1ccccc1.CC(C)c1ccccc1. The molecule has 0 N–H and O–H groups in total. The second kappa shape index (κ2) is 29.1. The summed E-state index contributed by atoms with van der Waals surface area (Å²) in [5.74, 6) is 7.92. The number of rotatable bonds is 6. The van der Waals surface area contributed by atoms with Crippen LogP contribution in [-0.2, 0) is 6.42 Å². The lowest BCUT2D eigenvalue weighted by atomic mass is 9.82. The molecule has 0 amide bonds. The molecule has 0 bridgehead atoms. The van der Waals surface area contributed by atoms with Gasteiger partial charge in [-0.1, -0.05) is 236 Å². The van der Waals surface area contributed by atoms with E-state index >= 15 is 0 Å². The minimum atomic E-state index is 0.500. The summed E-state index contributed by atoms with van der Waals surface area (Å²) < 4.78 is 0. The Morgan fingerprint density at radius 2 is 0.816 bits per heavy atom. The van der Waals surface area contributed by atoms with E-state index in [-0.39, 0.29) is 0 Å². The van der Waals surface area contributed by atoms with Crippen molar-refractivity contribution in [1.82, 2.24) is 0 Å². The minimum absolute atomic E-state index is 0.500. The number of benzene rings is 2. The highest BCUT2D eigenvalue weighted by atomic mass is 14.2. The Labute approximate surface area is 311 Å². The van der Waals surface area contributed by atoms with Crippen LogP contribution in [0.5, 0.6) is 0 Å². The Hall–Kier alpha value is -1.56. The number of hydrogen-bond acceptors (Lipinski definition) is 0. The van der Waals surface area contributed by atoms with Crippen LogP contribution in [0.2, 0.25) is 0 Å². The summed E-state index contributed by atoms with van der Waals surface area (Å²) in [4.78, 5) is 0. The van der Waals surface area contributed by atoms with Crippen molar-refractivity contribution in [2.24, 2.45) is 52.8 Å². The van der Waals surface area contributed by atoms with Crippen molar-refractivity contribution in [3.8, 4) is 0 Å². The molecule has 2 fully saturated rings. The van der Waals surface area contributed by atoms with Gasteiger partial charge in [-0.2, -0.15) is 0 Å². The van der Waals surface area contributed by atoms with Gasteiger partial charge in [-0.25, -0.2) is 0 Å².